The van der Waals surface area contributed by atoms with E-state index in [-0.39, 0.29) is 5.43 Å². The Balaban J connectivity index is 2.17. The molecule has 3 aromatic rings. The van der Waals surface area contributed by atoms with E-state index in [1.165, 1.54) is 0 Å². The lowest BCUT2D eigenvalue weighted by atomic mass is 10.1. The first-order valence-corrected chi connectivity index (χ1v) is 7.30. The molecule has 5 heteroatoms. The standard InChI is InChI=1S/C17H16ClN3O/c1-10-6-15-12(7-14(10)18)17(22)13(9-19-15)11-4-5-16(20-8-11)21(2)3/h4-9H,1-3H3,(H,19,22). The summed E-state index contributed by atoms with van der Waals surface area (Å²) >= 11 is 6.14. The van der Waals surface area contributed by atoms with Crippen LogP contribution in [0.5, 0.6) is 0 Å². The van der Waals surface area contributed by atoms with Gasteiger partial charge in [-0.3, -0.25) is 4.79 Å². The fourth-order valence-electron chi connectivity index (χ4n) is 2.37. The summed E-state index contributed by atoms with van der Waals surface area (Å²) in [6.07, 6.45) is 3.44. The molecule has 112 valence electrons. The van der Waals surface area contributed by atoms with E-state index < -0.39 is 0 Å². The first-order valence-electron chi connectivity index (χ1n) is 6.92. The number of aromatic nitrogens is 2. The van der Waals surface area contributed by atoms with Crippen LogP contribution < -0.4 is 10.3 Å². The summed E-state index contributed by atoms with van der Waals surface area (Å²) in [5, 5.41) is 1.18. The second-order valence-electron chi connectivity index (χ2n) is 5.48. The van der Waals surface area contributed by atoms with Gasteiger partial charge in [0.2, 0.25) is 0 Å². The topological polar surface area (TPSA) is 49.0 Å². The second kappa shape index (κ2) is 5.46. The number of aryl methyl sites for hydroxylation is 1. The minimum atomic E-state index is -0.0462. The van der Waals surface area contributed by atoms with E-state index in [1.807, 2.05) is 44.1 Å². The molecule has 2 heterocycles. The highest BCUT2D eigenvalue weighted by molar-refractivity contribution is 6.32. The zero-order valence-electron chi connectivity index (χ0n) is 12.6. The number of anilines is 1. The Hall–Kier alpha value is -2.33. The van der Waals surface area contributed by atoms with Gasteiger partial charge in [-0.25, -0.2) is 4.98 Å². The van der Waals surface area contributed by atoms with E-state index in [1.54, 1.807) is 18.5 Å². The Morgan fingerprint density at radius 2 is 2.00 bits per heavy atom. The Labute approximate surface area is 133 Å². The number of halogens is 1. The maximum atomic E-state index is 12.7. The maximum Gasteiger partial charge on any atom is 0.197 e. The predicted octanol–water partition coefficient (Wildman–Crippen LogP) is 3.62. The average molecular weight is 314 g/mol. The van der Waals surface area contributed by atoms with Crippen molar-refractivity contribution >= 4 is 28.3 Å². The number of hydrogen-bond acceptors (Lipinski definition) is 3. The molecular formula is C17H16ClN3O. The van der Waals surface area contributed by atoms with E-state index >= 15 is 0 Å². The van der Waals surface area contributed by atoms with Crippen molar-refractivity contribution in [1.29, 1.82) is 0 Å². The molecule has 0 saturated heterocycles. The van der Waals surface area contributed by atoms with Crippen molar-refractivity contribution < 1.29 is 0 Å². The van der Waals surface area contributed by atoms with Crippen LogP contribution in [-0.4, -0.2) is 24.1 Å². The fraction of sp³-hybridized carbons (Fsp3) is 0.176. The second-order valence-corrected chi connectivity index (χ2v) is 5.89. The molecule has 0 bridgehead atoms. The Morgan fingerprint density at radius 1 is 1.23 bits per heavy atom. The molecule has 22 heavy (non-hydrogen) atoms. The fourth-order valence-corrected chi connectivity index (χ4v) is 2.54. The summed E-state index contributed by atoms with van der Waals surface area (Å²) in [5.74, 6) is 0.847. The largest absolute Gasteiger partial charge is 0.363 e. The minimum absolute atomic E-state index is 0.0462. The lowest BCUT2D eigenvalue weighted by Crippen LogP contribution is -2.11. The van der Waals surface area contributed by atoms with Gasteiger partial charge in [0.05, 0.1) is 0 Å². The van der Waals surface area contributed by atoms with Crippen LogP contribution in [0, 0.1) is 6.92 Å². The number of hydrogen-bond donors (Lipinski definition) is 1. The van der Waals surface area contributed by atoms with Crippen molar-refractivity contribution in [2.75, 3.05) is 19.0 Å². The number of nitrogens with one attached hydrogen (secondary N) is 1. The van der Waals surface area contributed by atoms with Gasteiger partial charge in [0.15, 0.2) is 5.43 Å². The molecule has 0 aliphatic heterocycles. The predicted molar refractivity (Wildman–Crippen MR) is 91.9 cm³/mol. The van der Waals surface area contributed by atoms with Gasteiger partial charge < -0.3 is 9.88 Å². The molecular weight excluding hydrogens is 298 g/mol. The van der Waals surface area contributed by atoms with Gasteiger partial charge in [-0.05, 0) is 36.8 Å². The first-order chi connectivity index (χ1) is 10.5. The molecule has 2 aromatic heterocycles. The zero-order chi connectivity index (χ0) is 15.9. The van der Waals surface area contributed by atoms with Crippen molar-refractivity contribution in [3.63, 3.8) is 0 Å². The number of rotatable bonds is 2. The van der Waals surface area contributed by atoms with Crippen LogP contribution in [0.2, 0.25) is 5.02 Å². The Bertz CT molecular complexity index is 898. The van der Waals surface area contributed by atoms with Crippen molar-refractivity contribution in [1.82, 2.24) is 9.97 Å². The van der Waals surface area contributed by atoms with Gasteiger partial charge >= 0.3 is 0 Å². The number of benzene rings is 1. The van der Waals surface area contributed by atoms with Crippen molar-refractivity contribution in [2.45, 2.75) is 6.92 Å². The smallest absolute Gasteiger partial charge is 0.197 e. The van der Waals surface area contributed by atoms with Crippen LogP contribution >= 0.6 is 11.6 Å². The summed E-state index contributed by atoms with van der Waals surface area (Å²) in [4.78, 5) is 22.1. The molecule has 0 saturated carbocycles. The van der Waals surface area contributed by atoms with Gasteiger partial charge in [0.1, 0.15) is 5.82 Å². The SMILES string of the molecule is Cc1cc2[nH]cc(-c3ccc(N(C)C)nc3)c(=O)c2cc1Cl. The third-order valence-corrected chi connectivity index (χ3v) is 4.08. The molecule has 0 amide bonds. The summed E-state index contributed by atoms with van der Waals surface area (Å²) < 4.78 is 0. The molecule has 1 N–H and O–H groups in total. The molecule has 0 aliphatic carbocycles. The van der Waals surface area contributed by atoms with Gasteiger partial charge in [0, 0.05) is 53.5 Å². The highest BCUT2D eigenvalue weighted by Crippen LogP contribution is 2.23. The molecule has 0 atom stereocenters. The van der Waals surface area contributed by atoms with E-state index in [4.69, 9.17) is 11.6 Å². The van der Waals surface area contributed by atoms with Gasteiger partial charge in [-0.1, -0.05) is 11.6 Å². The van der Waals surface area contributed by atoms with Crippen LogP contribution in [0.1, 0.15) is 5.56 Å². The van der Waals surface area contributed by atoms with E-state index in [0.29, 0.717) is 16.0 Å². The molecule has 0 radical (unpaired) electrons. The summed E-state index contributed by atoms with van der Waals surface area (Å²) in [5.41, 5.74) is 3.05. The average Bonchev–Trinajstić information content (AvgIpc) is 2.50. The quantitative estimate of drug-likeness (QED) is 0.786. The van der Waals surface area contributed by atoms with E-state index in [2.05, 4.69) is 9.97 Å². The van der Waals surface area contributed by atoms with E-state index in [9.17, 15) is 4.79 Å². The van der Waals surface area contributed by atoms with E-state index in [0.717, 1.165) is 22.5 Å². The Morgan fingerprint density at radius 3 is 2.64 bits per heavy atom. The van der Waals surface area contributed by atoms with Crippen LogP contribution in [-0.2, 0) is 0 Å². The number of nitrogens with zero attached hydrogens (tertiary/aromatic N) is 2. The third kappa shape index (κ3) is 2.46. The molecule has 0 spiro atoms. The van der Waals surface area contributed by atoms with Crippen molar-refractivity contribution in [3.8, 4) is 11.1 Å². The van der Waals surface area contributed by atoms with Gasteiger partial charge in [0.25, 0.3) is 0 Å². The highest BCUT2D eigenvalue weighted by Gasteiger charge is 2.10. The highest BCUT2D eigenvalue weighted by atomic mass is 35.5. The van der Waals surface area contributed by atoms with Gasteiger partial charge in [-0.15, -0.1) is 0 Å². The lowest BCUT2D eigenvalue weighted by molar-refractivity contribution is 1.07. The molecule has 1 aromatic carbocycles. The first kappa shape index (κ1) is 14.6. The minimum Gasteiger partial charge on any atom is -0.363 e. The summed E-state index contributed by atoms with van der Waals surface area (Å²) in [7, 11) is 3.85. The number of pyridine rings is 2. The lowest BCUT2D eigenvalue weighted by Gasteiger charge is -2.11. The summed E-state index contributed by atoms with van der Waals surface area (Å²) in [6.45, 7) is 1.91. The molecule has 0 fully saturated rings. The molecule has 3 rings (SSSR count). The number of fused-ring (bicyclic) bond motifs is 1. The van der Waals surface area contributed by atoms with Crippen LogP contribution in [0.15, 0.2) is 41.5 Å². The normalized spacial score (nSPS) is 10.9. The number of H-pyrrole nitrogens is 1. The van der Waals surface area contributed by atoms with Crippen molar-refractivity contribution in [3.05, 3.63) is 57.5 Å². The van der Waals surface area contributed by atoms with Crippen molar-refractivity contribution in [2.24, 2.45) is 0 Å². The van der Waals surface area contributed by atoms with Crippen LogP contribution in [0.4, 0.5) is 5.82 Å². The summed E-state index contributed by atoms with van der Waals surface area (Å²) in [6, 6.07) is 7.39. The Kier molecular flexibility index (Phi) is 3.62. The monoisotopic (exact) mass is 313 g/mol. The molecule has 4 nitrogen and oxygen atoms in total. The number of aromatic amines is 1. The van der Waals surface area contributed by atoms with Crippen LogP contribution in [0.25, 0.3) is 22.0 Å². The molecule has 0 unspecified atom stereocenters. The van der Waals surface area contributed by atoms with Gasteiger partial charge in [-0.2, -0.15) is 0 Å². The maximum absolute atomic E-state index is 12.7. The zero-order valence-corrected chi connectivity index (χ0v) is 13.4. The molecule has 0 aliphatic rings. The van der Waals surface area contributed by atoms with Crippen LogP contribution in [0.3, 0.4) is 0 Å². The third-order valence-electron chi connectivity index (χ3n) is 3.68.